The first kappa shape index (κ1) is 60.1. The Labute approximate surface area is 530 Å². The van der Waals surface area contributed by atoms with E-state index in [0.29, 0.717) is 30.6 Å². The molecule has 4 aromatic heterocycles. The van der Waals surface area contributed by atoms with Crippen molar-refractivity contribution in [2.45, 2.75) is 73.7 Å². The van der Waals surface area contributed by atoms with Gasteiger partial charge in [-0.1, -0.05) is 29.8 Å². The van der Waals surface area contributed by atoms with Crippen molar-refractivity contribution in [1.29, 1.82) is 0 Å². The SMILES string of the molecule is CSc1ccc(N2CCC[C@@H](Nc3cc(N4CCOC(C(N)CCc5ccc(N6CC(C7CCN(c8cccc9sc(C(=O)O)cc89)C[C@@H]7Nc7cc(N8CCOCC8)ccn7)C[C@@H](Nc7cc(N8CCOCC8)ccn7)C6)cc5)C4)ccn3)C2)c(Cl)c1. The topological polar surface area (TPSA) is 185 Å². The number of anilines is 9. The van der Waals surface area contributed by atoms with Crippen molar-refractivity contribution in [3.8, 4) is 0 Å². The second-order valence-corrected chi connectivity index (χ2v) is 26.7. The second kappa shape index (κ2) is 27.9. The van der Waals surface area contributed by atoms with Crippen LogP contribution < -0.4 is 51.1 Å². The van der Waals surface area contributed by atoms with Crippen molar-refractivity contribution < 1.29 is 24.1 Å². The number of benzene rings is 3. The van der Waals surface area contributed by atoms with E-state index in [4.69, 9.17) is 46.5 Å². The highest BCUT2D eigenvalue weighted by atomic mass is 35.5. The van der Waals surface area contributed by atoms with E-state index >= 15 is 0 Å². The summed E-state index contributed by atoms with van der Waals surface area (Å²) < 4.78 is 18.8. The summed E-state index contributed by atoms with van der Waals surface area (Å²) in [6.07, 6.45) is 13.4. The van der Waals surface area contributed by atoms with Gasteiger partial charge in [0, 0.05) is 183 Å². The van der Waals surface area contributed by atoms with Gasteiger partial charge in [-0.05, 0) is 129 Å². The third kappa shape index (κ3) is 14.3. The molecule has 6 N–H and O–H groups in total. The van der Waals surface area contributed by atoms with E-state index in [2.05, 4.69) is 143 Å². The molecular weight excluding hydrogens is 1170 g/mol. The number of pyridine rings is 3. The highest BCUT2D eigenvalue weighted by molar-refractivity contribution is 7.98. The number of aromatic nitrogens is 3. The van der Waals surface area contributed by atoms with Gasteiger partial charge in [-0.15, -0.1) is 23.1 Å². The highest BCUT2D eigenvalue weighted by Gasteiger charge is 2.41. The van der Waals surface area contributed by atoms with E-state index < -0.39 is 5.97 Å². The molecule has 6 saturated heterocycles. The highest BCUT2D eigenvalue weighted by Crippen LogP contribution is 2.41. The number of nitrogens with two attached hydrogens (primary N) is 1. The number of carbonyl (C=O) groups is 1. The molecule has 21 heteroatoms. The number of halogens is 1. The first-order valence-corrected chi connectivity index (χ1v) is 33.9. The van der Waals surface area contributed by atoms with Crippen molar-refractivity contribution in [3.05, 3.63) is 137 Å². The summed E-state index contributed by atoms with van der Waals surface area (Å²) in [7, 11) is 0. The summed E-state index contributed by atoms with van der Waals surface area (Å²) >= 11 is 9.82. The first-order chi connectivity index (χ1) is 43.1. The van der Waals surface area contributed by atoms with Gasteiger partial charge in [0.2, 0.25) is 0 Å². The van der Waals surface area contributed by atoms with Crippen LogP contribution in [0, 0.1) is 11.8 Å². The molecular formula is C67H82ClN13O5S2. The normalized spacial score (nSPS) is 23.3. The Bertz CT molecular complexity index is 3480. The predicted octanol–water partition coefficient (Wildman–Crippen LogP) is 10.4. The number of hydrogen-bond donors (Lipinski definition) is 5. The van der Waals surface area contributed by atoms with Gasteiger partial charge in [0.15, 0.2) is 0 Å². The summed E-state index contributed by atoms with van der Waals surface area (Å²) in [6, 6.07) is 36.8. The molecule has 0 radical (unpaired) electrons. The average molecular weight is 1250 g/mol. The molecule has 0 bridgehead atoms. The van der Waals surface area contributed by atoms with Gasteiger partial charge < -0.3 is 70.4 Å². The minimum absolute atomic E-state index is 0.0293. The Hall–Kier alpha value is -6.78. The van der Waals surface area contributed by atoms with E-state index in [1.807, 2.05) is 30.7 Å². The molecule has 10 heterocycles. The van der Waals surface area contributed by atoms with Crippen molar-refractivity contribution in [3.63, 3.8) is 0 Å². The molecule has 0 aliphatic carbocycles. The number of thioether (sulfide) groups is 1. The Morgan fingerprint density at radius 1 is 0.659 bits per heavy atom. The molecule has 13 rings (SSSR count). The molecule has 3 aromatic carbocycles. The van der Waals surface area contributed by atoms with Gasteiger partial charge in [0.05, 0.1) is 49.8 Å². The van der Waals surface area contributed by atoms with E-state index in [1.54, 1.807) is 11.8 Å². The second-order valence-electron chi connectivity index (χ2n) is 24.4. The molecule has 7 aromatic rings. The number of carboxylic acid groups (broad SMARTS) is 1. The average Bonchev–Trinajstić information content (AvgIpc) is 1.96. The third-order valence-electron chi connectivity index (χ3n) is 18.8. The van der Waals surface area contributed by atoms with E-state index in [1.165, 1.54) is 27.5 Å². The number of aromatic carboxylic acids is 1. The molecule has 7 atom stereocenters. The Balaban J connectivity index is 0.699. The van der Waals surface area contributed by atoms with Gasteiger partial charge in [0.1, 0.15) is 22.3 Å². The fourth-order valence-electron chi connectivity index (χ4n) is 14.2. The number of rotatable bonds is 19. The molecule has 0 spiro atoms. The van der Waals surface area contributed by atoms with Crippen LogP contribution in [0.2, 0.25) is 5.02 Å². The van der Waals surface area contributed by atoms with E-state index in [-0.39, 0.29) is 36.2 Å². The predicted molar refractivity (Wildman–Crippen MR) is 360 cm³/mol. The van der Waals surface area contributed by atoms with Crippen LogP contribution in [0.3, 0.4) is 0 Å². The lowest BCUT2D eigenvalue weighted by Gasteiger charge is -2.48. The lowest BCUT2D eigenvalue weighted by molar-refractivity contribution is 0.0222. The monoisotopic (exact) mass is 1250 g/mol. The maximum Gasteiger partial charge on any atom is 0.345 e. The Kier molecular flexibility index (Phi) is 19.1. The molecule has 4 unspecified atom stereocenters. The first-order valence-electron chi connectivity index (χ1n) is 31.5. The number of hydrogen-bond acceptors (Lipinski definition) is 19. The molecule has 0 amide bonds. The molecule has 6 aliphatic heterocycles. The standard InChI is InChI=1S/C67H82ClN13O5S2/c1-87-53-12-14-60(56(68)38-53)79-22-3-4-47(41-79)73-64-37-52(17-21-70-64)78-28-33-86-61(44-78)57(69)13-9-45-7-10-49(11-8-45)81-40-46(34-48(42-81)74-65-35-50(15-19-71-65)76-24-29-84-30-25-76)54-18-23-80(59-5-2-6-62-55(59)39-63(88-62)67(82)83)43-58(54)75-66-36-51(16-20-72-66)77-26-31-85-32-27-77/h2,5-8,10-12,14-17,19-21,35-39,46-48,54,57-58,61H,3-4,9,13,18,22-34,40-44,69H2,1H3,(H,70,73)(H,71,74)(H,72,75)(H,82,83)/t46?,47-,48-,54?,57?,58+,61?/m1/s1. The summed E-state index contributed by atoms with van der Waals surface area (Å²) in [5.41, 5.74) is 15.1. The number of aryl methyl sites for hydroxylation is 1. The van der Waals surface area contributed by atoms with Crippen molar-refractivity contribution in [2.75, 3.05) is 163 Å². The van der Waals surface area contributed by atoms with Crippen LogP contribution in [0.4, 0.5) is 51.6 Å². The number of morpholine rings is 3. The van der Waals surface area contributed by atoms with Gasteiger partial charge in [-0.25, -0.2) is 19.7 Å². The summed E-state index contributed by atoms with van der Waals surface area (Å²) in [4.78, 5) is 43.0. The van der Waals surface area contributed by atoms with Crippen LogP contribution >= 0.6 is 34.7 Å². The number of carboxylic acids is 1. The van der Waals surface area contributed by atoms with Crippen molar-refractivity contribution in [2.24, 2.45) is 17.6 Å². The smallest absolute Gasteiger partial charge is 0.345 e. The summed E-state index contributed by atoms with van der Waals surface area (Å²) in [5, 5.41) is 23.6. The van der Waals surface area contributed by atoms with Crippen molar-refractivity contribution in [1.82, 2.24) is 15.0 Å². The number of nitrogens with zero attached hydrogens (tertiary/aromatic N) is 9. The van der Waals surface area contributed by atoms with Gasteiger partial charge in [-0.3, -0.25) is 0 Å². The lowest BCUT2D eigenvalue weighted by Crippen LogP contribution is -2.55. The fourth-order valence-corrected chi connectivity index (χ4v) is 15.9. The number of thiophene rings is 1. The fraction of sp³-hybridized carbons (Fsp3) is 0.463. The molecule has 464 valence electrons. The van der Waals surface area contributed by atoms with Crippen LogP contribution in [0.25, 0.3) is 10.1 Å². The molecule has 18 nitrogen and oxygen atoms in total. The van der Waals surface area contributed by atoms with Crippen LogP contribution in [0.1, 0.15) is 47.3 Å². The third-order valence-corrected chi connectivity index (χ3v) is 20.9. The zero-order valence-corrected chi connectivity index (χ0v) is 52.6. The van der Waals surface area contributed by atoms with Crippen LogP contribution in [-0.2, 0) is 20.6 Å². The Morgan fingerprint density at radius 3 is 1.99 bits per heavy atom. The number of piperidine rings is 3. The molecule has 88 heavy (non-hydrogen) atoms. The molecule has 0 saturated carbocycles. The summed E-state index contributed by atoms with van der Waals surface area (Å²) in [6.45, 7) is 13.5. The van der Waals surface area contributed by atoms with Crippen LogP contribution in [0.5, 0.6) is 0 Å². The maximum atomic E-state index is 12.2. The molecule has 6 aliphatic rings. The molecule has 6 fully saturated rings. The maximum absolute atomic E-state index is 12.2. The number of fused-ring (bicyclic) bond motifs is 1. The number of nitrogens with one attached hydrogen (secondary N) is 3. The Morgan fingerprint density at radius 2 is 1.31 bits per heavy atom. The zero-order chi connectivity index (χ0) is 59.9. The summed E-state index contributed by atoms with van der Waals surface area (Å²) in [5.74, 6) is 2.30. The number of ether oxygens (including phenoxy) is 3. The quantitative estimate of drug-likeness (QED) is 0.0481. The van der Waals surface area contributed by atoms with Gasteiger partial charge >= 0.3 is 5.97 Å². The minimum atomic E-state index is -0.895. The van der Waals surface area contributed by atoms with Gasteiger partial charge in [0.25, 0.3) is 0 Å². The van der Waals surface area contributed by atoms with Gasteiger partial charge in [-0.2, -0.15) is 0 Å². The van der Waals surface area contributed by atoms with Crippen LogP contribution in [-0.4, -0.2) is 174 Å². The van der Waals surface area contributed by atoms with Crippen LogP contribution in [0.15, 0.2) is 127 Å². The van der Waals surface area contributed by atoms with E-state index in [0.717, 1.165) is 191 Å². The minimum Gasteiger partial charge on any atom is -0.477 e. The van der Waals surface area contributed by atoms with E-state index in [9.17, 15) is 9.90 Å². The zero-order valence-electron chi connectivity index (χ0n) is 50.2. The van der Waals surface area contributed by atoms with Crippen molar-refractivity contribution >= 4 is 102 Å². The largest absolute Gasteiger partial charge is 0.477 e. The lowest BCUT2D eigenvalue weighted by atomic mass is 9.75.